The highest BCUT2D eigenvalue weighted by molar-refractivity contribution is 9.10. The van der Waals surface area contributed by atoms with Crippen molar-refractivity contribution in [3.8, 4) is 5.75 Å². The highest BCUT2D eigenvalue weighted by atomic mass is 79.9. The molecule has 1 saturated heterocycles. The Bertz CT molecular complexity index is 862. The van der Waals surface area contributed by atoms with Crippen LogP contribution in [0.4, 0.5) is 0 Å². The molecule has 136 valence electrons. The summed E-state index contributed by atoms with van der Waals surface area (Å²) in [4.78, 5) is 0.134. The maximum Gasteiger partial charge on any atom is 0.247 e. The van der Waals surface area contributed by atoms with Gasteiger partial charge in [-0.1, -0.05) is 15.9 Å². The minimum absolute atomic E-state index is 0.134. The van der Waals surface area contributed by atoms with E-state index in [1.807, 2.05) is 13.8 Å². The van der Waals surface area contributed by atoms with E-state index >= 15 is 0 Å². The van der Waals surface area contributed by atoms with E-state index in [0.29, 0.717) is 16.8 Å². The Kier molecular flexibility index (Phi) is 5.19. The molecule has 0 unspecified atom stereocenters. The van der Waals surface area contributed by atoms with Gasteiger partial charge >= 0.3 is 0 Å². The third-order valence-electron chi connectivity index (χ3n) is 4.31. The van der Waals surface area contributed by atoms with E-state index in [0.717, 1.165) is 17.0 Å². The number of aromatic nitrogens is 2. The molecule has 2 heterocycles. The molecular formula is C16H20BrN3O4S. The van der Waals surface area contributed by atoms with Gasteiger partial charge in [0.2, 0.25) is 10.0 Å². The van der Waals surface area contributed by atoms with Crippen LogP contribution < -0.4 is 4.74 Å². The first-order valence-corrected chi connectivity index (χ1v) is 10.0. The number of aryl methyl sites for hydroxylation is 2. The molecule has 25 heavy (non-hydrogen) atoms. The normalized spacial score (nSPS) is 19.1. The Hall–Kier alpha value is -1.42. The second-order valence-corrected chi connectivity index (χ2v) is 8.62. The van der Waals surface area contributed by atoms with E-state index in [2.05, 4.69) is 26.1 Å². The number of nitrogens with zero attached hydrogens (tertiary/aromatic N) is 2. The van der Waals surface area contributed by atoms with Crippen LogP contribution in [0.15, 0.2) is 27.6 Å². The lowest BCUT2D eigenvalue weighted by Gasteiger charge is -2.35. The fourth-order valence-corrected chi connectivity index (χ4v) is 5.40. The Balaban J connectivity index is 2.10. The van der Waals surface area contributed by atoms with Crippen LogP contribution in [0, 0.1) is 13.8 Å². The summed E-state index contributed by atoms with van der Waals surface area (Å²) in [7, 11) is -2.32. The SMILES string of the molecule is COc1ccc(Br)cc1S(=O)(=O)N1CCOC[C@@H]1c1c(C)n[nH]c1C. The lowest BCUT2D eigenvalue weighted by atomic mass is 10.1. The van der Waals surface area contributed by atoms with Crippen LogP contribution in [0.2, 0.25) is 0 Å². The number of ether oxygens (including phenoxy) is 2. The van der Waals surface area contributed by atoms with Crippen LogP contribution in [0.3, 0.4) is 0 Å². The lowest BCUT2D eigenvalue weighted by molar-refractivity contribution is 0.0316. The molecule has 0 radical (unpaired) electrons. The van der Waals surface area contributed by atoms with Crippen LogP contribution >= 0.6 is 15.9 Å². The number of rotatable bonds is 4. The summed E-state index contributed by atoms with van der Waals surface area (Å²) in [5, 5.41) is 7.11. The van der Waals surface area contributed by atoms with Crippen molar-refractivity contribution in [3.63, 3.8) is 0 Å². The second kappa shape index (κ2) is 7.06. The first-order chi connectivity index (χ1) is 11.9. The number of aromatic amines is 1. The summed E-state index contributed by atoms with van der Waals surface area (Å²) >= 11 is 3.34. The van der Waals surface area contributed by atoms with Crippen LogP contribution in [0.5, 0.6) is 5.75 Å². The number of halogens is 1. The molecule has 1 aromatic heterocycles. The number of hydrogen-bond acceptors (Lipinski definition) is 5. The van der Waals surface area contributed by atoms with E-state index in [-0.39, 0.29) is 18.0 Å². The molecule has 1 N–H and O–H groups in total. The molecular weight excluding hydrogens is 410 g/mol. The number of H-pyrrole nitrogens is 1. The smallest absolute Gasteiger partial charge is 0.247 e. The molecule has 9 heteroatoms. The molecule has 1 aliphatic rings. The molecule has 0 amide bonds. The van der Waals surface area contributed by atoms with Gasteiger partial charge in [-0.3, -0.25) is 5.10 Å². The average molecular weight is 430 g/mol. The molecule has 1 aliphatic heterocycles. The quantitative estimate of drug-likeness (QED) is 0.806. The number of morpholine rings is 1. The van der Waals surface area contributed by atoms with Crippen molar-refractivity contribution < 1.29 is 17.9 Å². The van der Waals surface area contributed by atoms with Crippen LogP contribution in [0.25, 0.3) is 0 Å². The fourth-order valence-electron chi connectivity index (χ4n) is 3.13. The molecule has 1 aromatic carbocycles. The minimum Gasteiger partial charge on any atom is -0.495 e. The average Bonchev–Trinajstić information content (AvgIpc) is 2.93. The van der Waals surface area contributed by atoms with Gasteiger partial charge in [-0.15, -0.1) is 0 Å². The van der Waals surface area contributed by atoms with Crippen molar-refractivity contribution >= 4 is 26.0 Å². The van der Waals surface area contributed by atoms with Crippen molar-refractivity contribution in [1.29, 1.82) is 0 Å². The van der Waals surface area contributed by atoms with Crippen molar-refractivity contribution in [3.05, 3.63) is 39.6 Å². The van der Waals surface area contributed by atoms with Gasteiger partial charge in [0.05, 0.1) is 32.1 Å². The van der Waals surface area contributed by atoms with Gasteiger partial charge in [-0.25, -0.2) is 8.42 Å². The van der Waals surface area contributed by atoms with E-state index < -0.39 is 16.1 Å². The number of nitrogens with one attached hydrogen (secondary N) is 1. The van der Waals surface area contributed by atoms with Gasteiger partial charge in [-0.2, -0.15) is 9.40 Å². The third-order valence-corrected chi connectivity index (χ3v) is 6.73. The van der Waals surface area contributed by atoms with E-state index in [1.165, 1.54) is 11.4 Å². The summed E-state index contributed by atoms with van der Waals surface area (Å²) in [6.07, 6.45) is 0. The molecule has 0 spiro atoms. The molecule has 3 rings (SSSR count). The van der Waals surface area contributed by atoms with Crippen molar-refractivity contribution in [2.45, 2.75) is 24.8 Å². The number of hydrogen-bond donors (Lipinski definition) is 1. The second-order valence-electron chi connectivity index (χ2n) is 5.85. The zero-order chi connectivity index (χ0) is 18.2. The minimum atomic E-state index is -3.78. The zero-order valence-corrected chi connectivity index (χ0v) is 16.6. The fraction of sp³-hybridized carbons (Fsp3) is 0.438. The lowest BCUT2D eigenvalue weighted by Crippen LogP contribution is -2.43. The van der Waals surface area contributed by atoms with Gasteiger partial charge < -0.3 is 9.47 Å². The standard InChI is InChI=1S/C16H20BrN3O4S/c1-10-16(11(2)19-18-10)13-9-24-7-6-20(13)25(21,22)15-8-12(17)4-5-14(15)23-3/h4-5,8,13H,6-7,9H2,1-3H3,(H,18,19)/t13-/m1/s1. The van der Waals surface area contributed by atoms with Crippen LogP contribution in [0.1, 0.15) is 23.0 Å². The molecule has 0 bridgehead atoms. The predicted molar refractivity (Wildman–Crippen MR) is 96.2 cm³/mol. The van der Waals surface area contributed by atoms with Gasteiger partial charge in [0.1, 0.15) is 10.6 Å². The summed E-state index contributed by atoms with van der Waals surface area (Å²) in [6.45, 7) is 4.65. The number of methoxy groups -OCH3 is 1. The highest BCUT2D eigenvalue weighted by Crippen LogP contribution is 2.36. The van der Waals surface area contributed by atoms with E-state index in [9.17, 15) is 8.42 Å². The van der Waals surface area contributed by atoms with E-state index in [1.54, 1.807) is 18.2 Å². The number of benzene rings is 1. The molecule has 0 aliphatic carbocycles. The Morgan fingerprint density at radius 2 is 2.16 bits per heavy atom. The van der Waals surface area contributed by atoms with Crippen LogP contribution in [-0.2, 0) is 14.8 Å². The Labute approximate surface area is 155 Å². The van der Waals surface area contributed by atoms with Crippen molar-refractivity contribution in [2.75, 3.05) is 26.9 Å². The molecule has 2 aromatic rings. The molecule has 1 fully saturated rings. The van der Waals surface area contributed by atoms with Crippen LogP contribution in [-0.4, -0.2) is 49.8 Å². The maximum absolute atomic E-state index is 13.4. The zero-order valence-electron chi connectivity index (χ0n) is 14.2. The van der Waals surface area contributed by atoms with Gasteiger partial charge in [0.25, 0.3) is 0 Å². The first-order valence-electron chi connectivity index (χ1n) is 7.81. The largest absolute Gasteiger partial charge is 0.495 e. The summed E-state index contributed by atoms with van der Waals surface area (Å²) in [5.74, 6) is 0.314. The summed E-state index contributed by atoms with van der Waals surface area (Å²) in [5.41, 5.74) is 2.47. The summed E-state index contributed by atoms with van der Waals surface area (Å²) < 4.78 is 39.8. The molecule has 0 saturated carbocycles. The van der Waals surface area contributed by atoms with Gasteiger partial charge in [-0.05, 0) is 32.0 Å². The first kappa shape index (κ1) is 18.4. The topological polar surface area (TPSA) is 84.5 Å². The molecule has 1 atom stereocenters. The Morgan fingerprint density at radius 3 is 2.80 bits per heavy atom. The predicted octanol–water partition coefficient (Wildman–Crippen LogP) is 2.56. The van der Waals surface area contributed by atoms with E-state index in [4.69, 9.17) is 9.47 Å². The Morgan fingerprint density at radius 1 is 1.40 bits per heavy atom. The third kappa shape index (κ3) is 3.33. The van der Waals surface area contributed by atoms with Gasteiger partial charge in [0, 0.05) is 22.3 Å². The molecule has 7 nitrogen and oxygen atoms in total. The van der Waals surface area contributed by atoms with Gasteiger partial charge in [0.15, 0.2) is 0 Å². The maximum atomic E-state index is 13.4. The monoisotopic (exact) mass is 429 g/mol. The summed E-state index contributed by atoms with van der Waals surface area (Å²) in [6, 6.07) is 4.52. The highest BCUT2D eigenvalue weighted by Gasteiger charge is 2.38. The van der Waals surface area contributed by atoms with Crippen molar-refractivity contribution in [2.24, 2.45) is 0 Å². The number of sulfonamides is 1. The van der Waals surface area contributed by atoms with Crippen molar-refractivity contribution in [1.82, 2.24) is 14.5 Å².